The van der Waals surface area contributed by atoms with E-state index in [1.54, 1.807) is 0 Å². The number of benzene rings is 1. The highest BCUT2D eigenvalue weighted by Crippen LogP contribution is 2.33. The molecule has 1 N–H and O–H groups in total. The molecule has 2 rings (SSSR count). The van der Waals surface area contributed by atoms with Gasteiger partial charge in [-0.25, -0.2) is 0 Å². The van der Waals surface area contributed by atoms with E-state index in [1.807, 2.05) is 0 Å². The topological polar surface area (TPSA) is 12.0 Å². The molecule has 0 aromatic heterocycles. The minimum absolute atomic E-state index is 0.959. The molecule has 12 heavy (non-hydrogen) atoms. The van der Waals surface area contributed by atoms with Gasteiger partial charge in [0.15, 0.2) is 0 Å². The normalized spacial score (nSPS) is 14.3. The van der Waals surface area contributed by atoms with E-state index in [1.165, 1.54) is 21.3 Å². The second-order valence-electron chi connectivity index (χ2n) is 3.10. The van der Waals surface area contributed by atoms with Crippen LogP contribution in [0.3, 0.4) is 0 Å². The van der Waals surface area contributed by atoms with Crippen LogP contribution in [-0.4, -0.2) is 0 Å². The summed E-state index contributed by atoms with van der Waals surface area (Å²) in [5, 5.41) is 3.25. The average molecular weight is 224 g/mol. The van der Waals surface area contributed by atoms with Crippen molar-refractivity contribution >= 4 is 21.6 Å². The maximum atomic E-state index is 3.91. The molecule has 1 aromatic carbocycles. The monoisotopic (exact) mass is 223 g/mol. The Bertz CT molecular complexity index is 355. The molecular formula is C10H10BrN. The lowest BCUT2D eigenvalue weighted by Crippen LogP contribution is -1.87. The number of rotatable bonds is 0. The quantitative estimate of drug-likeness (QED) is 0.713. The number of hydrogen-bond donors (Lipinski definition) is 1. The van der Waals surface area contributed by atoms with Crippen molar-refractivity contribution in [1.29, 1.82) is 0 Å². The molecule has 0 saturated carbocycles. The Hall–Kier alpha value is -0.760. The molecule has 1 aromatic rings. The van der Waals surface area contributed by atoms with Crippen LogP contribution in [0.4, 0.5) is 5.69 Å². The Morgan fingerprint density at radius 2 is 2.25 bits per heavy atom. The summed E-state index contributed by atoms with van der Waals surface area (Å²) in [5.74, 6) is 0. The summed E-state index contributed by atoms with van der Waals surface area (Å²) in [6.45, 7) is 6.04. The number of fused-ring (bicyclic) bond motifs is 1. The Labute approximate surface area is 80.6 Å². The van der Waals surface area contributed by atoms with Crippen molar-refractivity contribution < 1.29 is 0 Å². The summed E-state index contributed by atoms with van der Waals surface area (Å²) in [5.41, 5.74) is 4.99. The maximum Gasteiger partial charge on any atom is 0.0421 e. The van der Waals surface area contributed by atoms with E-state index in [0.29, 0.717) is 0 Å². The summed E-state index contributed by atoms with van der Waals surface area (Å²) in [7, 11) is 0. The molecule has 62 valence electrons. The first-order valence-corrected chi connectivity index (χ1v) is 4.70. The van der Waals surface area contributed by atoms with Crippen molar-refractivity contribution in [1.82, 2.24) is 0 Å². The van der Waals surface area contributed by atoms with Crippen LogP contribution in [0.5, 0.6) is 0 Å². The van der Waals surface area contributed by atoms with Crippen LogP contribution in [0.2, 0.25) is 0 Å². The van der Waals surface area contributed by atoms with E-state index in [0.717, 1.165) is 12.1 Å². The molecule has 0 unspecified atom stereocenters. The molecule has 0 atom stereocenters. The molecule has 0 bridgehead atoms. The maximum absolute atomic E-state index is 3.91. The fourth-order valence-corrected chi connectivity index (χ4v) is 1.89. The summed E-state index contributed by atoms with van der Waals surface area (Å²) < 4.78 is 1.18. The van der Waals surface area contributed by atoms with Crippen LogP contribution in [0, 0.1) is 6.92 Å². The van der Waals surface area contributed by atoms with Gasteiger partial charge < -0.3 is 5.32 Å². The zero-order valence-corrected chi connectivity index (χ0v) is 8.53. The smallest absolute Gasteiger partial charge is 0.0421 e. The van der Waals surface area contributed by atoms with Gasteiger partial charge in [-0.1, -0.05) is 22.5 Å². The Kier molecular flexibility index (Phi) is 1.72. The van der Waals surface area contributed by atoms with E-state index < -0.39 is 0 Å². The summed E-state index contributed by atoms with van der Waals surface area (Å²) >= 11 is 3.51. The fourth-order valence-electron chi connectivity index (χ4n) is 1.52. The molecule has 0 spiro atoms. The van der Waals surface area contributed by atoms with Gasteiger partial charge in [0, 0.05) is 22.3 Å². The van der Waals surface area contributed by atoms with E-state index in [2.05, 4.69) is 46.9 Å². The summed E-state index contributed by atoms with van der Waals surface area (Å²) in [6, 6.07) is 4.16. The Balaban J connectivity index is 2.61. The van der Waals surface area contributed by atoms with E-state index in [-0.39, 0.29) is 0 Å². The molecule has 0 aliphatic carbocycles. The van der Waals surface area contributed by atoms with Crippen LogP contribution in [0.25, 0.3) is 0 Å². The van der Waals surface area contributed by atoms with Crippen LogP contribution in [0.15, 0.2) is 28.9 Å². The molecule has 0 saturated heterocycles. The van der Waals surface area contributed by atoms with E-state index in [4.69, 9.17) is 0 Å². The van der Waals surface area contributed by atoms with Crippen LogP contribution < -0.4 is 5.32 Å². The second-order valence-corrected chi connectivity index (χ2v) is 3.96. The van der Waals surface area contributed by atoms with Gasteiger partial charge in [-0.15, -0.1) is 0 Å². The zero-order valence-electron chi connectivity index (χ0n) is 6.95. The fraction of sp³-hybridized carbons (Fsp3) is 0.200. The summed E-state index contributed by atoms with van der Waals surface area (Å²) in [4.78, 5) is 0. The minimum Gasteiger partial charge on any atom is -0.359 e. The van der Waals surface area contributed by atoms with Gasteiger partial charge in [0.25, 0.3) is 0 Å². The lowest BCUT2D eigenvalue weighted by Gasteiger charge is -2.03. The average Bonchev–Trinajstić information content (AvgIpc) is 2.39. The minimum atomic E-state index is 0.959. The van der Waals surface area contributed by atoms with E-state index >= 15 is 0 Å². The molecule has 0 radical (unpaired) electrons. The highest BCUT2D eigenvalue weighted by Gasteiger charge is 2.15. The molecule has 1 heterocycles. The van der Waals surface area contributed by atoms with Crippen LogP contribution in [0.1, 0.15) is 11.1 Å². The molecular weight excluding hydrogens is 214 g/mol. The zero-order chi connectivity index (χ0) is 8.72. The van der Waals surface area contributed by atoms with Crippen molar-refractivity contribution in [3.8, 4) is 0 Å². The van der Waals surface area contributed by atoms with Gasteiger partial charge in [0.2, 0.25) is 0 Å². The highest BCUT2D eigenvalue weighted by molar-refractivity contribution is 9.10. The number of hydrogen-bond acceptors (Lipinski definition) is 1. The van der Waals surface area contributed by atoms with Gasteiger partial charge >= 0.3 is 0 Å². The molecule has 1 nitrogen and oxygen atoms in total. The van der Waals surface area contributed by atoms with Crippen molar-refractivity contribution in [2.45, 2.75) is 13.3 Å². The molecule has 0 fully saturated rings. The van der Waals surface area contributed by atoms with Crippen LogP contribution >= 0.6 is 15.9 Å². The first kappa shape index (κ1) is 7.87. The number of anilines is 1. The van der Waals surface area contributed by atoms with Gasteiger partial charge in [0.05, 0.1) is 0 Å². The third-order valence-corrected chi connectivity index (χ3v) is 3.09. The van der Waals surface area contributed by atoms with Crippen molar-refractivity contribution in [2.24, 2.45) is 0 Å². The number of halogens is 1. The van der Waals surface area contributed by atoms with Crippen molar-refractivity contribution in [3.05, 3.63) is 40.0 Å². The second kappa shape index (κ2) is 2.63. The van der Waals surface area contributed by atoms with Crippen LogP contribution in [-0.2, 0) is 6.42 Å². The SMILES string of the molecule is C=C1Cc2c(ccc(Br)c2C)N1. The number of nitrogens with one attached hydrogen (secondary N) is 1. The third kappa shape index (κ3) is 1.07. The first-order valence-electron chi connectivity index (χ1n) is 3.91. The van der Waals surface area contributed by atoms with Gasteiger partial charge in [0.1, 0.15) is 0 Å². The third-order valence-electron chi connectivity index (χ3n) is 2.23. The molecule has 0 amide bonds. The van der Waals surface area contributed by atoms with Gasteiger partial charge in [-0.3, -0.25) is 0 Å². The number of allylic oxidation sites excluding steroid dienone is 1. The predicted molar refractivity (Wildman–Crippen MR) is 55.3 cm³/mol. The Morgan fingerprint density at radius 1 is 1.50 bits per heavy atom. The standard InChI is InChI=1S/C10H10BrN/c1-6-5-8-7(2)9(11)3-4-10(8)12-6/h3-4,12H,1,5H2,2H3. The lowest BCUT2D eigenvalue weighted by molar-refractivity contribution is 1.21. The molecule has 2 heteroatoms. The first-order chi connectivity index (χ1) is 5.68. The van der Waals surface area contributed by atoms with Crippen molar-refractivity contribution in [2.75, 3.05) is 5.32 Å². The Morgan fingerprint density at radius 3 is 3.00 bits per heavy atom. The highest BCUT2D eigenvalue weighted by atomic mass is 79.9. The predicted octanol–water partition coefficient (Wildman–Crippen LogP) is 3.24. The van der Waals surface area contributed by atoms with Gasteiger partial charge in [-0.2, -0.15) is 0 Å². The van der Waals surface area contributed by atoms with Gasteiger partial charge in [-0.05, 0) is 30.2 Å². The molecule has 1 aliphatic heterocycles. The van der Waals surface area contributed by atoms with Crippen molar-refractivity contribution in [3.63, 3.8) is 0 Å². The lowest BCUT2D eigenvalue weighted by atomic mass is 10.1. The summed E-state index contributed by atoms with van der Waals surface area (Å²) in [6.07, 6.45) is 0.959. The van der Waals surface area contributed by atoms with E-state index in [9.17, 15) is 0 Å². The largest absolute Gasteiger partial charge is 0.359 e. The molecule has 1 aliphatic rings.